The number of rotatable bonds is 8. The largest absolute Gasteiger partial charge is 0.489 e. The average Bonchev–Trinajstić information content (AvgIpc) is 3.41. The number of amides is 1. The second-order valence-electron chi connectivity index (χ2n) is 8.97. The van der Waals surface area contributed by atoms with Gasteiger partial charge in [-0.1, -0.05) is 11.2 Å². The van der Waals surface area contributed by atoms with Gasteiger partial charge in [0.15, 0.2) is 11.5 Å². The minimum absolute atomic E-state index is 0.00738. The van der Waals surface area contributed by atoms with Gasteiger partial charge in [0.1, 0.15) is 5.60 Å². The van der Waals surface area contributed by atoms with E-state index in [4.69, 9.17) is 15.0 Å². The first-order chi connectivity index (χ1) is 14.7. The van der Waals surface area contributed by atoms with Gasteiger partial charge in [0.05, 0.1) is 6.61 Å². The van der Waals surface area contributed by atoms with Crippen LogP contribution in [0.5, 0.6) is 11.5 Å². The molecule has 1 aliphatic carbocycles. The van der Waals surface area contributed by atoms with E-state index in [1.807, 2.05) is 0 Å². The number of azide groups is 1. The summed E-state index contributed by atoms with van der Waals surface area (Å²) in [6.45, 7) is 3.35. The van der Waals surface area contributed by atoms with Crippen molar-refractivity contribution >= 4 is 6.09 Å². The third-order valence-corrected chi connectivity index (χ3v) is 5.22. The van der Waals surface area contributed by atoms with Crippen LogP contribution in [0.1, 0.15) is 51.5 Å². The molecule has 0 unspecified atom stereocenters. The average molecular weight is 438 g/mol. The molecule has 2 fully saturated rings. The van der Waals surface area contributed by atoms with Crippen LogP contribution in [0.2, 0.25) is 0 Å². The summed E-state index contributed by atoms with van der Waals surface area (Å²) in [4.78, 5) is 17.1. The van der Waals surface area contributed by atoms with Gasteiger partial charge in [0, 0.05) is 30.0 Å². The monoisotopic (exact) mass is 438 g/mol. The number of nitrogens with zero attached hydrogens (tertiary/aromatic N) is 4. The molecule has 1 aromatic carbocycles. The topological polar surface area (TPSA) is 96.8 Å². The Kier molecular flexibility index (Phi) is 7.10. The number of likely N-dealkylation sites (tertiary alicyclic amines) is 1. The van der Waals surface area contributed by atoms with E-state index in [1.165, 1.54) is 6.07 Å². The number of ether oxygens (including phenoxy) is 3. The molecule has 0 spiro atoms. The van der Waals surface area contributed by atoms with Crippen LogP contribution >= 0.6 is 0 Å². The third kappa shape index (κ3) is 6.62. The predicted octanol–water partition coefficient (Wildman–Crippen LogP) is 5.48. The fourth-order valence-electron chi connectivity index (χ4n) is 3.58. The lowest BCUT2D eigenvalue weighted by Crippen LogP contribution is -2.41. The molecule has 2 aliphatic rings. The molecule has 3 rings (SSSR count). The van der Waals surface area contributed by atoms with Crippen LogP contribution in [0.3, 0.4) is 0 Å². The van der Waals surface area contributed by atoms with Crippen LogP contribution in [-0.4, -0.2) is 48.9 Å². The summed E-state index contributed by atoms with van der Waals surface area (Å²) in [5, 5.41) is 3.63. The highest BCUT2D eigenvalue weighted by molar-refractivity contribution is 5.69. The highest BCUT2D eigenvalue weighted by atomic mass is 19.3. The van der Waals surface area contributed by atoms with E-state index in [-0.39, 0.29) is 30.0 Å². The molecular formula is C21H28F2N4O4. The molecule has 1 saturated heterocycles. The van der Waals surface area contributed by atoms with Crippen LogP contribution in [0, 0.1) is 5.92 Å². The summed E-state index contributed by atoms with van der Waals surface area (Å²) < 4.78 is 41.4. The van der Waals surface area contributed by atoms with E-state index in [2.05, 4.69) is 14.8 Å². The lowest BCUT2D eigenvalue weighted by molar-refractivity contribution is -0.0515. The van der Waals surface area contributed by atoms with Crippen molar-refractivity contribution < 1.29 is 27.8 Å². The van der Waals surface area contributed by atoms with Gasteiger partial charge in [-0.25, -0.2) is 4.79 Å². The second kappa shape index (κ2) is 9.60. The van der Waals surface area contributed by atoms with Crippen molar-refractivity contribution in [2.75, 3.05) is 19.7 Å². The van der Waals surface area contributed by atoms with Crippen molar-refractivity contribution in [3.8, 4) is 11.5 Å². The standard InChI is InChI=1S/C21H28F2N4O4/c1-21(2,3)31-20(28)27-11-15(8-16(27)10-25-26-24)14-6-7-17(30-19(22)23)18(9-14)29-12-13-4-5-13/h6-7,9,13,15-16,19H,4-5,8,10-12H2,1-3H3/t15-,16+/m1/s1. The second-order valence-corrected chi connectivity index (χ2v) is 8.97. The fourth-order valence-corrected chi connectivity index (χ4v) is 3.58. The van der Waals surface area contributed by atoms with Gasteiger partial charge in [-0.15, -0.1) is 0 Å². The van der Waals surface area contributed by atoms with Gasteiger partial charge in [-0.05, 0) is 69.2 Å². The van der Waals surface area contributed by atoms with E-state index in [1.54, 1.807) is 37.8 Å². The van der Waals surface area contributed by atoms with Gasteiger partial charge in [0.2, 0.25) is 0 Å². The Labute approximate surface area is 180 Å². The number of hydrogen-bond acceptors (Lipinski definition) is 5. The molecule has 0 N–H and O–H groups in total. The van der Waals surface area contributed by atoms with E-state index in [9.17, 15) is 13.6 Å². The number of halogens is 2. The predicted molar refractivity (Wildman–Crippen MR) is 109 cm³/mol. The van der Waals surface area contributed by atoms with Gasteiger partial charge in [-0.2, -0.15) is 8.78 Å². The number of hydrogen-bond donors (Lipinski definition) is 0. The third-order valence-electron chi connectivity index (χ3n) is 5.22. The maximum absolute atomic E-state index is 12.8. The molecule has 1 aliphatic heterocycles. The lowest BCUT2D eigenvalue weighted by atomic mass is 9.96. The summed E-state index contributed by atoms with van der Waals surface area (Å²) in [6.07, 6.45) is 2.21. The SMILES string of the molecule is CC(C)(C)OC(=O)N1C[C@H](c2ccc(OC(F)F)c(OCC3CC3)c2)C[C@H]1CN=[N+]=[N-]. The number of carbonyl (C=O) groups is 1. The zero-order valence-electron chi connectivity index (χ0n) is 18.0. The highest BCUT2D eigenvalue weighted by Crippen LogP contribution is 2.39. The first-order valence-electron chi connectivity index (χ1n) is 10.4. The van der Waals surface area contributed by atoms with Crippen molar-refractivity contribution in [3.05, 3.63) is 34.2 Å². The molecule has 170 valence electrons. The van der Waals surface area contributed by atoms with Crippen molar-refractivity contribution in [1.29, 1.82) is 0 Å². The lowest BCUT2D eigenvalue weighted by Gasteiger charge is -2.28. The number of carbonyl (C=O) groups excluding carboxylic acids is 1. The molecule has 0 bridgehead atoms. The van der Waals surface area contributed by atoms with E-state index in [0.29, 0.717) is 25.5 Å². The van der Waals surface area contributed by atoms with Crippen LogP contribution in [0.25, 0.3) is 10.4 Å². The Bertz CT molecular complexity index is 835. The number of benzene rings is 1. The Morgan fingerprint density at radius 3 is 2.68 bits per heavy atom. The molecule has 1 aromatic rings. The quantitative estimate of drug-likeness (QED) is 0.305. The molecule has 0 aromatic heterocycles. The first-order valence-corrected chi connectivity index (χ1v) is 10.4. The van der Waals surface area contributed by atoms with E-state index in [0.717, 1.165) is 18.4 Å². The van der Waals surface area contributed by atoms with Crippen LogP contribution in [0.15, 0.2) is 23.3 Å². The maximum Gasteiger partial charge on any atom is 0.410 e. The Hall–Kier alpha value is -2.74. The number of alkyl halides is 2. The summed E-state index contributed by atoms with van der Waals surface area (Å²) >= 11 is 0. The van der Waals surface area contributed by atoms with Gasteiger partial charge in [-0.3, -0.25) is 0 Å². The Balaban J connectivity index is 1.80. The zero-order chi connectivity index (χ0) is 22.6. The van der Waals surface area contributed by atoms with Gasteiger partial charge >= 0.3 is 12.7 Å². The molecular weight excluding hydrogens is 410 g/mol. The smallest absolute Gasteiger partial charge is 0.410 e. The van der Waals surface area contributed by atoms with Crippen molar-refractivity contribution in [2.45, 2.75) is 64.2 Å². The Morgan fingerprint density at radius 2 is 2.06 bits per heavy atom. The molecule has 1 saturated carbocycles. The summed E-state index contributed by atoms with van der Waals surface area (Å²) in [7, 11) is 0. The molecule has 0 radical (unpaired) electrons. The van der Waals surface area contributed by atoms with Crippen LogP contribution < -0.4 is 9.47 Å². The molecule has 10 heteroatoms. The molecule has 8 nitrogen and oxygen atoms in total. The highest BCUT2D eigenvalue weighted by Gasteiger charge is 2.38. The van der Waals surface area contributed by atoms with E-state index < -0.39 is 18.3 Å². The van der Waals surface area contributed by atoms with Gasteiger partial charge in [0.25, 0.3) is 0 Å². The molecule has 1 heterocycles. The summed E-state index contributed by atoms with van der Waals surface area (Å²) in [5.41, 5.74) is 8.88. The van der Waals surface area contributed by atoms with Crippen molar-refractivity contribution in [1.82, 2.24) is 4.90 Å². The molecule has 2 atom stereocenters. The zero-order valence-corrected chi connectivity index (χ0v) is 18.0. The van der Waals surface area contributed by atoms with E-state index >= 15 is 0 Å². The fraction of sp³-hybridized carbons (Fsp3) is 0.667. The first kappa shape index (κ1) is 22.9. The minimum atomic E-state index is -2.95. The Morgan fingerprint density at radius 1 is 1.32 bits per heavy atom. The summed E-state index contributed by atoms with van der Waals surface area (Å²) in [6, 6.07) is 4.56. The van der Waals surface area contributed by atoms with Crippen molar-refractivity contribution in [2.24, 2.45) is 11.0 Å². The van der Waals surface area contributed by atoms with Crippen molar-refractivity contribution in [3.63, 3.8) is 0 Å². The molecule has 31 heavy (non-hydrogen) atoms. The summed E-state index contributed by atoms with van der Waals surface area (Å²) in [5.74, 6) is 0.625. The molecule has 1 amide bonds. The normalized spacial score (nSPS) is 21.0. The maximum atomic E-state index is 12.8. The van der Waals surface area contributed by atoms with Crippen LogP contribution in [-0.2, 0) is 4.74 Å². The van der Waals surface area contributed by atoms with Gasteiger partial charge < -0.3 is 19.1 Å². The van der Waals surface area contributed by atoms with Crippen LogP contribution in [0.4, 0.5) is 13.6 Å². The minimum Gasteiger partial charge on any atom is -0.489 e.